The third-order valence-corrected chi connectivity index (χ3v) is 2.84. The number of hydrogen-bond donors (Lipinski definition) is 1. The lowest BCUT2D eigenvalue weighted by Gasteiger charge is -2.07. The summed E-state index contributed by atoms with van der Waals surface area (Å²) in [5, 5.41) is 27.2. The summed E-state index contributed by atoms with van der Waals surface area (Å²) in [6.45, 7) is 1.98. The van der Waals surface area contributed by atoms with E-state index in [4.69, 9.17) is 5.26 Å². The lowest BCUT2D eigenvalue weighted by Crippen LogP contribution is -1.97. The highest BCUT2D eigenvalue weighted by Crippen LogP contribution is 2.26. The number of aromatic nitrogens is 2. The van der Waals surface area contributed by atoms with Crippen LogP contribution in [-0.2, 0) is 13.5 Å². The molecule has 0 aliphatic heterocycles. The van der Waals surface area contributed by atoms with E-state index in [0.717, 1.165) is 17.8 Å². The van der Waals surface area contributed by atoms with Gasteiger partial charge in [0.2, 0.25) is 0 Å². The highest BCUT2D eigenvalue weighted by Gasteiger charge is 2.13. The maximum atomic E-state index is 10.7. The number of nitriles is 1. The first-order chi connectivity index (χ1) is 9.55. The van der Waals surface area contributed by atoms with Crippen LogP contribution in [-0.4, -0.2) is 14.7 Å². The number of non-ortho nitro benzene ring substituents is 1. The second-order valence-corrected chi connectivity index (χ2v) is 4.24. The Balaban J connectivity index is 2.38. The minimum absolute atomic E-state index is 0.103. The molecule has 0 atom stereocenters. The number of anilines is 2. The van der Waals surface area contributed by atoms with Crippen molar-refractivity contribution in [3.05, 3.63) is 45.8 Å². The smallest absolute Gasteiger partial charge is 0.270 e. The van der Waals surface area contributed by atoms with Crippen molar-refractivity contribution < 1.29 is 4.92 Å². The van der Waals surface area contributed by atoms with Gasteiger partial charge in [-0.15, -0.1) is 0 Å². The van der Waals surface area contributed by atoms with E-state index in [1.807, 2.05) is 20.0 Å². The normalized spacial score (nSPS) is 10.1. The Morgan fingerprint density at radius 1 is 1.50 bits per heavy atom. The molecule has 0 unspecified atom stereocenters. The third-order valence-electron chi connectivity index (χ3n) is 2.84. The molecule has 1 aromatic carbocycles. The SMILES string of the molecule is CCc1nn(C)cc1Nc1ccc([N+](=O)[O-])cc1C#N. The minimum Gasteiger partial charge on any atom is -0.352 e. The van der Waals surface area contributed by atoms with Crippen molar-refractivity contribution in [3.63, 3.8) is 0 Å². The number of nitro groups is 1. The van der Waals surface area contributed by atoms with Gasteiger partial charge in [-0.05, 0) is 12.5 Å². The quantitative estimate of drug-likeness (QED) is 0.680. The van der Waals surface area contributed by atoms with Gasteiger partial charge in [0.15, 0.2) is 0 Å². The van der Waals surface area contributed by atoms with E-state index in [1.54, 1.807) is 10.9 Å². The maximum absolute atomic E-state index is 10.7. The van der Waals surface area contributed by atoms with Crippen molar-refractivity contribution in [2.45, 2.75) is 13.3 Å². The van der Waals surface area contributed by atoms with Crippen molar-refractivity contribution >= 4 is 17.1 Å². The molecular weight excluding hydrogens is 258 g/mol. The number of rotatable bonds is 4. The number of hydrogen-bond acceptors (Lipinski definition) is 5. The summed E-state index contributed by atoms with van der Waals surface area (Å²) in [4.78, 5) is 10.2. The molecule has 0 radical (unpaired) electrons. The minimum atomic E-state index is -0.522. The number of nitrogens with one attached hydrogen (secondary N) is 1. The zero-order valence-electron chi connectivity index (χ0n) is 11.1. The van der Waals surface area contributed by atoms with Gasteiger partial charge in [-0.25, -0.2) is 0 Å². The number of benzene rings is 1. The van der Waals surface area contributed by atoms with Crippen LogP contribution in [0.4, 0.5) is 17.1 Å². The number of nitro benzene ring substituents is 1. The second-order valence-electron chi connectivity index (χ2n) is 4.24. The van der Waals surface area contributed by atoms with E-state index < -0.39 is 4.92 Å². The topological polar surface area (TPSA) is 96.8 Å². The average Bonchev–Trinajstić information content (AvgIpc) is 2.79. The van der Waals surface area contributed by atoms with Gasteiger partial charge in [-0.1, -0.05) is 6.92 Å². The van der Waals surface area contributed by atoms with E-state index in [0.29, 0.717) is 5.69 Å². The van der Waals surface area contributed by atoms with Crippen LogP contribution in [0.1, 0.15) is 18.2 Å². The largest absolute Gasteiger partial charge is 0.352 e. The molecule has 1 N–H and O–H groups in total. The average molecular weight is 271 g/mol. The Morgan fingerprint density at radius 3 is 2.85 bits per heavy atom. The van der Waals surface area contributed by atoms with Crippen LogP contribution in [0.2, 0.25) is 0 Å². The molecule has 0 fully saturated rings. The number of aryl methyl sites for hydroxylation is 2. The molecule has 20 heavy (non-hydrogen) atoms. The molecule has 0 aliphatic rings. The highest BCUT2D eigenvalue weighted by molar-refractivity contribution is 5.69. The van der Waals surface area contributed by atoms with E-state index in [-0.39, 0.29) is 11.3 Å². The fraction of sp³-hybridized carbons (Fsp3) is 0.231. The number of nitrogens with zero attached hydrogens (tertiary/aromatic N) is 4. The predicted octanol–water partition coefficient (Wildman–Crippen LogP) is 2.51. The van der Waals surface area contributed by atoms with Crippen LogP contribution in [0.25, 0.3) is 0 Å². The van der Waals surface area contributed by atoms with Crippen molar-refractivity contribution in [3.8, 4) is 6.07 Å². The van der Waals surface area contributed by atoms with Gasteiger partial charge in [0, 0.05) is 25.4 Å². The molecule has 0 saturated carbocycles. The highest BCUT2D eigenvalue weighted by atomic mass is 16.6. The first kappa shape index (κ1) is 13.5. The molecule has 102 valence electrons. The Labute approximate surface area is 115 Å². The van der Waals surface area contributed by atoms with Crippen LogP contribution >= 0.6 is 0 Å². The molecule has 1 heterocycles. The molecule has 2 aromatic rings. The van der Waals surface area contributed by atoms with Gasteiger partial charge in [-0.3, -0.25) is 14.8 Å². The van der Waals surface area contributed by atoms with Gasteiger partial charge in [0.1, 0.15) is 6.07 Å². The van der Waals surface area contributed by atoms with Crippen LogP contribution in [0.3, 0.4) is 0 Å². The molecular formula is C13H13N5O2. The summed E-state index contributed by atoms with van der Waals surface area (Å²) < 4.78 is 1.68. The van der Waals surface area contributed by atoms with Crippen molar-refractivity contribution in [1.29, 1.82) is 5.26 Å². The fourth-order valence-corrected chi connectivity index (χ4v) is 1.89. The molecule has 0 spiro atoms. The van der Waals surface area contributed by atoms with Gasteiger partial charge in [0.25, 0.3) is 5.69 Å². The summed E-state index contributed by atoms with van der Waals surface area (Å²) in [6, 6.07) is 6.11. The fourth-order valence-electron chi connectivity index (χ4n) is 1.89. The Bertz CT molecular complexity index is 699. The van der Waals surface area contributed by atoms with E-state index in [9.17, 15) is 10.1 Å². The Kier molecular flexibility index (Phi) is 3.66. The van der Waals surface area contributed by atoms with Crippen LogP contribution in [0.5, 0.6) is 0 Å². The van der Waals surface area contributed by atoms with Crippen LogP contribution < -0.4 is 5.32 Å². The van der Waals surface area contributed by atoms with E-state index in [2.05, 4.69) is 10.4 Å². The van der Waals surface area contributed by atoms with E-state index in [1.165, 1.54) is 18.2 Å². The van der Waals surface area contributed by atoms with Crippen molar-refractivity contribution in [2.24, 2.45) is 7.05 Å². The van der Waals surface area contributed by atoms with Gasteiger partial charge < -0.3 is 5.32 Å². The molecule has 0 saturated heterocycles. The zero-order chi connectivity index (χ0) is 14.7. The van der Waals surface area contributed by atoms with E-state index >= 15 is 0 Å². The maximum Gasteiger partial charge on any atom is 0.270 e. The summed E-state index contributed by atoms with van der Waals surface area (Å²) in [7, 11) is 1.81. The summed E-state index contributed by atoms with van der Waals surface area (Å²) in [5.74, 6) is 0. The first-order valence-corrected chi connectivity index (χ1v) is 6.03. The Morgan fingerprint density at radius 2 is 2.25 bits per heavy atom. The lowest BCUT2D eigenvalue weighted by molar-refractivity contribution is -0.384. The zero-order valence-corrected chi connectivity index (χ0v) is 11.1. The standard InChI is InChI=1S/C13H13N5O2/c1-3-11-13(8-17(2)16-11)15-12-5-4-10(18(19)20)6-9(12)7-14/h4-6,8,15H,3H2,1-2H3. The first-order valence-electron chi connectivity index (χ1n) is 6.03. The molecule has 0 amide bonds. The second kappa shape index (κ2) is 5.40. The van der Waals surface area contributed by atoms with Gasteiger partial charge >= 0.3 is 0 Å². The van der Waals surface area contributed by atoms with Crippen LogP contribution in [0.15, 0.2) is 24.4 Å². The third kappa shape index (κ3) is 2.59. The summed E-state index contributed by atoms with van der Waals surface area (Å²) in [5.41, 5.74) is 2.31. The molecule has 0 bridgehead atoms. The molecule has 7 nitrogen and oxygen atoms in total. The summed E-state index contributed by atoms with van der Waals surface area (Å²) in [6.07, 6.45) is 2.56. The Hall–Kier alpha value is -2.88. The predicted molar refractivity (Wildman–Crippen MR) is 73.7 cm³/mol. The lowest BCUT2D eigenvalue weighted by atomic mass is 10.1. The molecule has 2 rings (SSSR count). The van der Waals surface area contributed by atoms with Gasteiger partial charge in [-0.2, -0.15) is 10.4 Å². The summed E-state index contributed by atoms with van der Waals surface area (Å²) >= 11 is 0. The molecule has 1 aromatic heterocycles. The molecule has 7 heteroatoms. The van der Waals surface area contributed by atoms with Crippen molar-refractivity contribution in [2.75, 3.05) is 5.32 Å². The molecule has 0 aliphatic carbocycles. The van der Waals surface area contributed by atoms with Crippen LogP contribution in [0, 0.1) is 21.4 Å². The van der Waals surface area contributed by atoms with Crippen molar-refractivity contribution in [1.82, 2.24) is 9.78 Å². The van der Waals surface area contributed by atoms with Gasteiger partial charge in [0.05, 0.1) is 27.6 Å². The monoisotopic (exact) mass is 271 g/mol.